The van der Waals surface area contributed by atoms with Crippen molar-refractivity contribution in [1.29, 1.82) is 0 Å². The molecule has 1 aliphatic carbocycles. The summed E-state index contributed by atoms with van der Waals surface area (Å²) in [5.74, 6) is 0. The molecule has 0 heterocycles. The van der Waals surface area contributed by atoms with E-state index in [2.05, 4.69) is 240 Å². The predicted octanol–water partition coefficient (Wildman–Crippen LogP) is 11.5. The molecule has 0 saturated carbocycles. The van der Waals surface area contributed by atoms with Gasteiger partial charge in [-0.2, -0.15) is 23.3 Å². The van der Waals surface area contributed by atoms with Gasteiger partial charge in [-0.1, -0.05) is 156 Å². The minimum absolute atomic E-state index is 0. The van der Waals surface area contributed by atoms with E-state index in [1.54, 1.807) is 0 Å². The maximum atomic E-state index is 4.01. The summed E-state index contributed by atoms with van der Waals surface area (Å²) >= 11 is 1.46. The van der Waals surface area contributed by atoms with E-state index in [0.717, 1.165) is 12.8 Å². The van der Waals surface area contributed by atoms with E-state index in [0.29, 0.717) is 5.41 Å². The topological polar surface area (TPSA) is 0 Å². The van der Waals surface area contributed by atoms with Crippen molar-refractivity contribution in [3.63, 3.8) is 0 Å². The van der Waals surface area contributed by atoms with Crippen molar-refractivity contribution >= 4 is 3.21 Å². The van der Waals surface area contributed by atoms with Gasteiger partial charge in [0.15, 0.2) is 0 Å². The van der Waals surface area contributed by atoms with Gasteiger partial charge in [0.1, 0.15) is 0 Å². The van der Waals surface area contributed by atoms with E-state index in [1.807, 2.05) is 0 Å². The third-order valence-corrected chi connectivity index (χ3v) is 14.7. The molecule has 0 bridgehead atoms. The Morgan fingerprint density at radius 2 is 0.956 bits per heavy atom. The maximum absolute atomic E-state index is 4.01. The second kappa shape index (κ2) is 22.4. The van der Waals surface area contributed by atoms with E-state index in [-0.39, 0.29) is 35.6 Å². The molecule has 0 aromatic heterocycles. The fourth-order valence-electron chi connectivity index (χ4n) is 9.78. The first-order valence-corrected chi connectivity index (χ1v) is 25.4. The van der Waals surface area contributed by atoms with Crippen molar-refractivity contribution < 1.29 is 49.0 Å². The van der Waals surface area contributed by atoms with Crippen LogP contribution in [0.25, 0.3) is 33.4 Å². The quantitative estimate of drug-likeness (QED) is 0.151. The minimum Gasteiger partial charge on any atom is -1.00 e. The number of aryl methyl sites for hydroxylation is 9. The van der Waals surface area contributed by atoms with Crippen molar-refractivity contribution in [1.82, 2.24) is 0 Å². The SMILES string of the molecule is CCc1cc(C(C)(C)C)c[cH-]1.Cc1cc(C)c(-c2[c-]c3c(cc2C(C)(C)C)-c2cc(C(C)(C)C)c(-c4c(C)cc(C)cc4C)cc2C3)c(C)c1.Cc1ccc([C](=[Zr+2])c2ccc(C)cc2)cc1.[Cl-].[Cl-]. The molecule has 68 heavy (non-hydrogen) atoms. The van der Waals surface area contributed by atoms with Crippen LogP contribution in [-0.4, -0.2) is 3.21 Å². The van der Waals surface area contributed by atoms with Crippen LogP contribution in [0.5, 0.6) is 0 Å². The largest absolute Gasteiger partial charge is 1.00 e. The summed E-state index contributed by atoms with van der Waals surface area (Å²) in [5, 5.41) is 0. The molecule has 3 heteroatoms. The second-order valence-electron chi connectivity index (χ2n) is 22.4. The van der Waals surface area contributed by atoms with Gasteiger partial charge in [0, 0.05) is 0 Å². The van der Waals surface area contributed by atoms with Crippen molar-refractivity contribution in [3.05, 3.63) is 204 Å². The van der Waals surface area contributed by atoms with Gasteiger partial charge in [0.05, 0.1) is 0 Å². The Morgan fingerprint density at radius 3 is 1.35 bits per heavy atom. The molecule has 0 spiro atoms. The number of fused-ring (bicyclic) bond motifs is 3. The molecule has 0 amide bonds. The van der Waals surface area contributed by atoms with Crippen LogP contribution in [0.2, 0.25) is 0 Å². The number of benzene rings is 6. The van der Waals surface area contributed by atoms with Crippen LogP contribution in [-0.2, 0) is 53.3 Å². The zero-order chi connectivity index (χ0) is 48.6. The summed E-state index contributed by atoms with van der Waals surface area (Å²) in [6, 6.07) is 45.1. The molecule has 0 atom stereocenters. The summed E-state index contributed by atoms with van der Waals surface area (Å²) < 4.78 is 1.42. The van der Waals surface area contributed by atoms with Crippen molar-refractivity contribution in [2.75, 3.05) is 0 Å². The van der Waals surface area contributed by atoms with Crippen LogP contribution in [0.4, 0.5) is 0 Å². The molecule has 0 saturated heterocycles. The van der Waals surface area contributed by atoms with Crippen LogP contribution < -0.4 is 24.8 Å². The zero-order valence-electron chi connectivity index (χ0n) is 44.6. The van der Waals surface area contributed by atoms with Gasteiger partial charge in [-0.25, -0.2) is 6.07 Å². The smallest absolute Gasteiger partial charge is 1.00 e. The Labute approximate surface area is 440 Å². The molecule has 0 unspecified atom stereocenters. The van der Waals surface area contributed by atoms with E-state index in [9.17, 15) is 0 Å². The first-order chi connectivity index (χ1) is 30.8. The first kappa shape index (κ1) is 56.6. The van der Waals surface area contributed by atoms with E-state index < -0.39 is 0 Å². The average molecular weight is 1020 g/mol. The van der Waals surface area contributed by atoms with Gasteiger partial charge in [-0.05, 0) is 92.2 Å². The Kier molecular flexibility index (Phi) is 18.6. The maximum Gasteiger partial charge on any atom is -1.00 e. The fraction of sp³-hybridized carbons (Fsp3) is 0.354. The molecule has 0 fully saturated rings. The standard InChI is InChI=1S/C39H45.C15H14.C11H17.2ClH.Zr/c1-22-13-24(3)36(25(4)14-22)32-18-28-17-29-19-33(37-26(5)15-23(2)16-27(37)6)35(39(10,11)12)21-31(29)30(28)20-34(32)38(7,8)9;1-12-3-7-14(8-4-12)11-15-9-5-13(2)6-10-15;1-5-9-6-7-10(8-9)11(2,3)4;;;/h13-16,18,20-21H,17H2,1-12H3;3-10H,1-2H3;6-8H,5H2,1-4H3;2*1H;/q-1;;-1;;;+2/p-2. The van der Waals surface area contributed by atoms with Gasteiger partial charge in [-0.3, -0.25) is 0 Å². The van der Waals surface area contributed by atoms with Crippen LogP contribution >= 0.6 is 0 Å². The summed E-state index contributed by atoms with van der Waals surface area (Å²) in [6.07, 6.45) is 2.09. The third kappa shape index (κ3) is 13.0. The van der Waals surface area contributed by atoms with Crippen LogP contribution in [0.15, 0.2) is 109 Å². The van der Waals surface area contributed by atoms with Crippen molar-refractivity contribution in [3.8, 4) is 33.4 Å². The van der Waals surface area contributed by atoms with E-state index in [4.69, 9.17) is 0 Å². The second-order valence-corrected chi connectivity index (χ2v) is 23.7. The molecule has 7 aromatic rings. The molecule has 0 N–H and O–H groups in total. The Morgan fingerprint density at radius 1 is 0.515 bits per heavy atom. The monoisotopic (exact) mass is 1020 g/mol. The van der Waals surface area contributed by atoms with Gasteiger partial charge in [-0.15, -0.1) is 28.8 Å². The molecule has 356 valence electrons. The molecule has 7 aromatic carbocycles. The van der Waals surface area contributed by atoms with Gasteiger partial charge >= 0.3 is 112 Å². The number of halogens is 2. The molecule has 8 rings (SSSR count). The normalized spacial score (nSPS) is 11.8. The number of hydrogen-bond acceptors (Lipinski definition) is 0. The molecule has 0 aliphatic heterocycles. The van der Waals surface area contributed by atoms with Crippen LogP contribution in [0.3, 0.4) is 0 Å². The van der Waals surface area contributed by atoms with E-state index in [1.165, 1.54) is 150 Å². The fourth-order valence-corrected chi connectivity index (χ4v) is 10.6. The minimum atomic E-state index is 0. The Balaban J connectivity index is 0.000000284. The Hall–Kier alpha value is -4.00. The summed E-state index contributed by atoms with van der Waals surface area (Å²) in [5.41, 5.74) is 30.4. The van der Waals surface area contributed by atoms with E-state index >= 15 is 0 Å². The van der Waals surface area contributed by atoms with Gasteiger partial charge < -0.3 is 24.8 Å². The molecule has 1 aliphatic rings. The Bertz CT molecular complexity index is 2660. The van der Waals surface area contributed by atoms with Crippen LogP contribution in [0.1, 0.15) is 158 Å². The molecule has 0 radical (unpaired) electrons. The van der Waals surface area contributed by atoms with Crippen LogP contribution in [0, 0.1) is 61.5 Å². The third-order valence-electron chi connectivity index (χ3n) is 13.3. The summed E-state index contributed by atoms with van der Waals surface area (Å²) in [6.45, 7) is 40.7. The average Bonchev–Trinajstić information content (AvgIpc) is 3.85. The van der Waals surface area contributed by atoms with Gasteiger partial charge in [0.25, 0.3) is 0 Å². The molecular weight excluding hydrogens is 943 g/mol. The summed E-state index contributed by atoms with van der Waals surface area (Å²) in [4.78, 5) is 0. The number of rotatable bonds is 5. The number of hydrogen-bond donors (Lipinski definition) is 0. The zero-order valence-corrected chi connectivity index (χ0v) is 48.5. The predicted molar refractivity (Wildman–Crippen MR) is 286 cm³/mol. The van der Waals surface area contributed by atoms with Crippen molar-refractivity contribution in [2.45, 2.75) is 154 Å². The summed E-state index contributed by atoms with van der Waals surface area (Å²) in [7, 11) is 0. The van der Waals surface area contributed by atoms with Crippen molar-refractivity contribution in [2.24, 2.45) is 0 Å². The molecule has 0 nitrogen and oxygen atoms in total. The molecular formula is C65H76Cl2Zr-2. The first-order valence-electron chi connectivity index (χ1n) is 24.2. The van der Waals surface area contributed by atoms with Gasteiger partial charge in [0.2, 0.25) is 0 Å².